The molecule has 1 aliphatic heterocycles. The molecule has 0 saturated carbocycles. The van der Waals surface area contributed by atoms with Crippen LogP contribution in [0.25, 0.3) is 11.3 Å². The van der Waals surface area contributed by atoms with Crippen LogP contribution in [0.3, 0.4) is 0 Å². The molecular weight excluding hydrogens is 302 g/mol. The normalized spacial score (nSPS) is 17.8. The van der Waals surface area contributed by atoms with Gasteiger partial charge in [-0.15, -0.1) is 0 Å². The van der Waals surface area contributed by atoms with Crippen LogP contribution in [-0.2, 0) is 0 Å². The number of nitrogens with zero attached hydrogens (tertiary/aromatic N) is 4. The summed E-state index contributed by atoms with van der Waals surface area (Å²) in [5.74, 6) is 0.0346. The fourth-order valence-corrected chi connectivity index (χ4v) is 3.31. The Kier molecular flexibility index (Phi) is 3.86. The van der Waals surface area contributed by atoms with E-state index in [-0.39, 0.29) is 11.9 Å². The molecule has 3 heterocycles. The van der Waals surface area contributed by atoms with Crippen molar-refractivity contribution in [2.75, 3.05) is 13.1 Å². The van der Waals surface area contributed by atoms with E-state index >= 15 is 0 Å². The highest BCUT2D eigenvalue weighted by Crippen LogP contribution is 2.26. The van der Waals surface area contributed by atoms with E-state index in [0.717, 1.165) is 30.6 Å². The number of H-pyrrole nitrogens is 1. The highest BCUT2D eigenvalue weighted by Gasteiger charge is 2.27. The van der Waals surface area contributed by atoms with Crippen molar-refractivity contribution in [3.05, 3.63) is 60.8 Å². The van der Waals surface area contributed by atoms with Crippen molar-refractivity contribution >= 4 is 5.91 Å². The monoisotopic (exact) mass is 321 g/mol. The zero-order valence-electron chi connectivity index (χ0n) is 13.3. The van der Waals surface area contributed by atoms with Gasteiger partial charge in [-0.05, 0) is 12.8 Å². The number of likely N-dealkylation sites (tertiary alicyclic amines) is 1. The summed E-state index contributed by atoms with van der Waals surface area (Å²) in [5, 5.41) is 7.06. The molecule has 2 aromatic heterocycles. The lowest BCUT2D eigenvalue weighted by Crippen LogP contribution is -2.40. The number of benzene rings is 1. The summed E-state index contributed by atoms with van der Waals surface area (Å²) < 4.78 is 2.09. The van der Waals surface area contributed by atoms with E-state index in [1.807, 2.05) is 47.8 Å². The maximum absolute atomic E-state index is 13.0. The average Bonchev–Trinajstić information content (AvgIpc) is 3.34. The number of hydrogen-bond acceptors (Lipinski definition) is 3. The third-order valence-corrected chi connectivity index (χ3v) is 4.56. The van der Waals surface area contributed by atoms with Crippen molar-refractivity contribution in [2.45, 2.75) is 18.9 Å². The molecule has 1 aromatic carbocycles. The molecule has 4 rings (SSSR count). The first-order chi connectivity index (χ1) is 11.8. The molecule has 1 N–H and O–H groups in total. The number of carbonyl (C=O) groups is 1. The third-order valence-electron chi connectivity index (χ3n) is 4.56. The zero-order chi connectivity index (χ0) is 16.4. The van der Waals surface area contributed by atoms with Crippen molar-refractivity contribution in [3.63, 3.8) is 0 Å². The van der Waals surface area contributed by atoms with Gasteiger partial charge in [0.1, 0.15) is 0 Å². The van der Waals surface area contributed by atoms with E-state index in [9.17, 15) is 4.79 Å². The zero-order valence-corrected chi connectivity index (χ0v) is 13.3. The lowest BCUT2D eigenvalue weighted by Gasteiger charge is -2.33. The summed E-state index contributed by atoms with van der Waals surface area (Å²) >= 11 is 0. The summed E-state index contributed by atoms with van der Waals surface area (Å²) in [7, 11) is 0. The minimum absolute atomic E-state index is 0.0346. The Balaban J connectivity index is 1.57. The van der Waals surface area contributed by atoms with E-state index in [4.69, 9.17) is 0 Å². The Morgan fingerprint density at radius 2 is 2.12 bits per heavy atom. The van der Waals surface area contributed by atoms with Gasteiger partial charge in [0.25, 0.3) is 5.91 Å². The summed E-state index contributed by atoms with van der Waals surface area (Å²) in [6.45, 7) is 1.48. The van der Waals surface area contributed by atoms with Crippen molar-refractivity contribution in [2.24, 2.45) is 0 Å². The van der Waals surface area contributed by atoms with Crippen LogP contribution < -0.4 is 0 Å². The van der Waals surface area contributed by atoms with E-state index in [0.29, 0.717) is 12.1 Å². The number of rotatable bonds is 3. The number of carbonyl (C=O) groups excluding carboxylic acids is 1. The van der Waals surface area contributed by atoms with Crippen molar-refractivity contribution < 1.29 is 4.79 Å². The number of amides is 1. The molecule has 6 heteroatoms. The van der Waals surface area contributed by atoms with Gasteiger partial charge in [-0.2, -0.15) is 5.10 Å². The molecular formula is C18H19N5O. The van der Waals surface area contributed by atoms with Gasteiger partial charge >= 0.3 is 0 Å². The molecule has 6 nitrogen and oxygen atoms in total. The molecule has 1 fully saturated rings. The summed E-state index contributed by atoms with van der Waals surface area (Å²) in [4.78, 5) is 19.0. The minimum atomic E-state index is 0.0346. The SMILES string of the molecule is O=C(c1cn[nH]c1-c1ccccc1)N1CCCC(n2ccnc2)C1. The quantitative estimate of drug-likeness (QED) is 0.806. The number of aromatic amines is 1. The van der Waals surface area contributed by atoms with Crippen LogP contribution in [0.5, 0.6) is 0 Å². The topological polar surface area (TPSA) is 66.8 Å². The van der Waals surface area contributed by atoms with Gasteiger partial charge < -0.3 is 9.47 Å². The van der Waals surface area contributed by atoms with Gasteiger partial charge in [-0.1, -0.05) is 30.3 Å². The van der Waals surface area contributed by atoms with Gasteiger partial charge in [0.2, 0.25) is 0 Å². The van der Waals surface area contributed by atoms with Crippen LogP contribution >= 0.6 is 0 Å². The molecule has 0 aliphatic carbocycles. The first-order valence-electron chi connectivity index (χ1n) is 8.18. The van der Waals surface area contributed by atoms with Gasteiger partial charge in [0, 0.05) is 31.0 Å². The highest BCUT2D eigenvalue weighted by molar-refractivity contribution is 5.99. The highest BCUT2D eigenvalue weighted by atomic mass is 16.2. The molecule has 1 unspecified atom stereocenters. The predicted molar refractivity (Wildman–Crippen MR) is 90.4 cm³/mol. The number of nitrogens with one attached hydrogen (secondary N) is 1. The van der Waals surface area contributed by atoms with Crippen LogP contribution in [0.4, 0.5) is 0 Å². The summed E-state index contributed by atoms with van der Waals surface area (Å²) in [6.07, 6.45) is 9.26. The smallest absolute Gasteiger partial charge is 0.257 e. The minimum Gasteiger partial charge on any atom is -0.336 e. The molecule has 1 atom stereocenters. The number of piperidine rings is 1. The molecule has 3 aromatic rings. The van der Waals surface area contributed by atoms with Crippen molar-refractivity contribution in [3.8, 4) is 11.3 Å². The third kappa shape index (κ3) is 2.71. The Labute approximate surface area is 140 Å². The molecule has 0 radical (unpaired) electrons. The molecule has 0 spiro atoms. The van der Waals surface area contributed by atoms with Crippen LogP contribution in [-0.4, -0.2) is 43.6 Å². The van der Waals surface area contributed by atoms with Gasteiger partial charge in [-0.3, -0.25) is 9.89 Å². The first kappa shape index (κ1) is 14.7. The second kappa shape index (κ2) is 6.31. The van der Waals surface area contributed by atoms with Crippen LogP contribution in [0, 0.1) is 0 Å². The van der Waals surface area contributed by atoms with Crippen LogP contribution in [0.2, 0.25) is 0 Å². The van der Waals surface area contributed by atoms with E-state index in [1.165, 1.54) is 0 Å². The summed E-state index contributed by atoms with van der Waals surface area (Å²) in [5.41, 5.74) is 2.39. The van der Waals surface area contributed by atoms with Crippen LogP contribution in [0.1, 0.15) is 29.2 Å². The van der Waals surface area contributed by atoms with Gasteiger partial charge in [0.15, 0.2) is 0 Å². The molecule has 122 valence electrons. The Bertz CT molecular complexity index is 809. The second-order valence-corrected chi connectivity index (χ2v) is 6.08. The molecule has 1 saturated heterocycles. The second-order valence-electron chi connectivity index (χ2n) is 6.08. The van der Waals surface area contributed by atoms with E-state index in [2.05, 4.69) is 19.7 Å². The first-order valence-corrected chi connectivity index (χ1v) is 8.18. The largest absolute Gasteiger partial charge is 0.336 e. The van der Waals surface area contributed by atoms with Crippen LogP contribution in [0.15, 0.2) is 55.2 Å². The maximum atomic E-state index is 13.0. The molecule has 1 aliphatic rings. The lowest BCUT2D eigenvalue weighted by molar-refractivity contribution is 0.0680. The maximum Gasteiger partial charge on any atom is 0.257 e. The number of hydrogen-bond donors (Lipinski definition) is 1. The Hall–Kier alpha value is -2.89. The molecule has 1 amide bonds. The number of aromatic nitrogens is 4. The van der Waals surface area contributed by atoms with Crippen molar-refractivity contribution in [1.29, 1.82) is 0 Å². The fourth-order valence-electron chi connectivity index (χ4n) is 3.31. The Morgan fingerprint density at radius 3 is 2.92 bits per heavy atom. The van der Waals surface area contributed by atoms with E-state index < -0.39 is 0 Å². The Morgan fingerprint density at radius 1 is 1.25 bits per heavy atom. The number of imidazole rings is 1. The lowest BCUT2D eigenvalue weighted by atomic mass is 10.0. The molecule has 0 bridgehead atoms. The molecule has 24 heavy (non-hydrogen) atoms. The van der Waals surface area contributed by atoms with Gasteiger partial charge in [-0.25, -0.2) is 4.98 Å². The fraction of sp³-hybridized carbons (Fsp3) is 0.278. The average molecular weight is 321 g/mol. The van der Waals surface area contributed by atoms with Crippen molar-refractivity contribution in [1.82, 2.24) is 24.6 Å². The summed E-state index contributed by atoms with van der Waals surface area (Å²) in [6, 6.07) is 10.1. The predicted octanol–water partition coefficient (Wildman–Crippen LogP) is 2.75. The standard InChI is InChI=1S/C18H19N5O/c24-18(16-11-20-21-17(16)14-5-2-1-3-6-14)22-9-4-7-15(12-22)23-10-8-19-13-23/h1-3,5-6,8,10-11,13,15H,4,7,9,12H2,(H,20,21). The van der Waals surface area contributed by atoms with Gasteiger partial charge in [0.05, 0.1) is 29.8 Å². The van der Waals surface area contributed by atoms with E-state index in [1.54, 1.807) is 12.4 Å².